The lowest BCUT2D eigenvalue weighted by Crippen LogP contribution is -2.07. The van der Waals surface area contributed by atoms with Crippen LogP contribution in [-0.2, 0) is 6.54 Å². The molecular weight excluding hydrogens is 312 g/mol. The fourth-order valence-electron chi connectivity index (χ4n) is 2.14. The van der Waals surface area contributed by atoms with E-state index < -0.39 is 11.6 Å². The summed E-state index contributed by atoms with van der Waals surface area (Å²) in [4.78, 5) is 12.5. The Kier molecular flexibility index (Phi) is 4.60. The molecule has 0 aliphatic heterocycles. The second-order valence-electron chi connectivity index (χ2n) is 5.15. The highest BCUT2D eigenvalue weighted by Gasteiger charge is 2.10. The third-order valence-corrected chi connectivity index (χ3v) is 3.24. The first-order chi connectivity index (χ1) is 11.6. The van der Waals surface area contributed by atoms with Crippen molar-refractivity contribution >= 4 is 17.5 Å². The fourth-order valence-corrected chi connectivity index (χ4v) is 2.14. The van der Waals surface area contributed by atoms with Crippen molar-refractivity contribution in [3.8, 4) is 0 Å². The van der Waals surface area contributed by atoms with E-state index in [1.165, 1.54) is 18.2 Å². The number of aryl methyl sites for hydroxylation is 1. The standard InChI is InChI=1S/C17H15F2N5/c1-11-8-15(23-16-13(18)5-2-6-14(16)19)24-17(22-11)21-10-12-4-3-7-20-9-12/h2-9H,10H2,1H3,(H2,21,22,23,24). The molecule has 0 aliphatic rings. The Morgan fingerprint density at radius 3 is 2.54 bits per heavy atom. The first kappa shape index (κ1) is 15.8. The summed E-state index contributed by atoms with van der Waals surface area (Å²) in [6, 6.07) is 9.04. The van der Waals surface area contributed by atoms with Gasteiger partial charge in [0.1, 0.15) is 23.1 Å². The molecule has 0 radical (unpaired) electrons. The van der Waals surface area contributed by atoms with Crippen LogP contribution < -0.4 is 10.6 Å². The highest BCUT2D eigenvalue weighted by Crippen LogP contribution is 2.23. The van der Waals surface area contributed by atoms with Crippen LogP contribution >= 0.6 is 0 Å². The van der Waals surface area contributed by atoms with E-state index in [0.717, 1.165) is 5.56 Å². The topological polar surface area (TPSA) is 62.7 Å². The molecule has 0 fully saturated rings. The molecule has 0 unspecified atom stereocenters. The van der Waals surface area contributed by atoms with Crippen LogP contribution in [0.2, 0.25) is 0 Å². The van der Waals surface area contributed by atoms with E-state index in [9.17, 15) is 8.78 Å². The highest BCUT2D eigenvalue weighted by atomic mass is 19.1. The Morgan fingerprint density at radius 1 is 1.04 bits per heavy atom. The zero-order valence-corrected chi connectivity index (χ0v) is 12.9. The van der Waals surface area contributed by atoms with Crippen molar-refractivity contribution in [2.45, 2.75) is 13.5 Å². The third-order valence-electron chi connectivity index (χ3n) is 3.24. The summed E-state index contributed by atoms with van der Waals surface area (Å²) in [5.74, 6) is -0.703. The van der Waals surface area contributed by atoms with Gasteiger partial charge < -0.3 is 10.6 Å². The SMILES string of the molecule is Cc1cc(Nc2c(F)cccc2F)nc(NCc2cccnc2)n1. The Labute approximate surface area is 137 Å². The van der Waals surface area contributed by atoms with Crippen molar-refractivity contribution in [2.24, 2.45) is 0 Å². The van der Waals surface area contributed by atoms with Crippen LogP contribution in [0.25, 0.3) is 0 Å². The number of pyridine rings is 1. The molecule has 2 aromatic heterocycles. The maximum atomic E-state index is 13.7. The zero-order valence-electron chi connectivity index (χ0n) is 12.9. The minimum Gasteiger partial charge on any atom is -0.350 e. The van der Waals surface area contributed by atoms with Crippen LogP contribution in [-0.4, -0.2) is 15.0 Å². The first-order valence-corrected chi connectivity index (χ1v) is 7.31. The number of para-hydroxylation sites is 1. The van der Waals surface area contributed by atoms with Gasteiger partial charge in [0.2, 0.25) is 5.95 Å². The number of rotatable bonds is 5. The van der Waals surface area contributed by atoms with Gasteiger partial charge in [0.05, 0.1) is 0 Å². The number of halogens is 2. The zero-order chi connectivity index (χ0) is 16.9. The fraction of sp³-hybridized carbons (Fsp3) is 0.118. The number of benzene rings is 1. The lowest BCUT2D eigenvalue weighted by molar-refractivity contribution is 0.590. The van der Waals surface area contributed by atoms with Crippen LogP contribution in [0.3, 0.4) is 0 Å². The van der Waals surface area contributed by atoms with Crippen LogP contribution in [0.1, 0.15) is 11.3 Å². The van der Waals surface area contributed by atoms with Gasteiger partial charge in [-0.1, -0.05) is 12.1 Å². The van der Waals surface area contributed by atoms with Crippen molar-refractivity contribution in [2.75, 3.05) is 10.6 Å². The summed E-state index contributed by atoms with van der Waals surface area (Å²) >= 11 is 0. The number of hydrogen-bond donors (Lipinski definition) is 2. The Hall–Kier alpha value is -3.09. The molecule has 0 amide bonds. The summed E-state index contributed by atoms with van der Waals surface area (Å²) < 4.78 is 27.5. The third kappa shape index (κ3) is 3.81. The van der Waals surface area contributed by atoms with Gasteiger partial charge in [-0.25, -0.2) is 13.8 Å². The van der Waals surface area contributed by atoms with Crippen LogP contribution in [0.15, 0.2) is 48.8 Å². The number of hydrogen-bond acceptors (Lipinski definition) is 5. The molecule has 2 heterocycles. The molecule has 0 saturated carbocycles. The maximum absolute atomic E-state index is 13.7. The van der Waals surface area contributed by atoms with Gasteiger partial charge in [-0.3, -0.25) is 4.98 Å². The first-order valence-electron chi connectivity index (χ1n) is 7.31. The van der Waals surface area contributed by atoms with E-state index in [0.29, 0.717) is 24.0 Å². The normalized spacial score (nSPS) is 10.5. The average Bonchev–Trinajstić information content (AvgIpc) is 2.57. The van der Waals surface area contributed by atoms with Crippen LogP contribution in [0, 0.1) is 18.6 Å². The molecule has 0 spiro atoms. The molecule has 24 heavy (non-hydrogen) atoms. The molecule has 0 bridgehead atoms. The van der Waals surface area contributed by atoms with Crippen LogP contribution in [0.5, 0.6) is 0 Å². The molecule has 0 saturated heterocycles. The van der Waals surface area contributed by atoms with Gasteiger partial charge in [0, 0.05) is 30.7 Å². The van der Waals surface area contributed by atoms with E-state index in [4.69, 9.17) is 0 Å². The van der Waals surface area contributed by atoms with Crippen molar-refractivity contribution < 1.29 is 8.78 Å². The number of aromatic nitrogens is 3. The van der Waals surface area contributed by atoms with Gasteiger partial charge in [-0.2, -0.15) is 4.98 Å². The van der Waals surface area contributed by atoms with E-state index in [-0.39, 0.29) is 5.69 Å². The van der Waals surface area contributed by atoms with Crippen molar-refractivity contribution in [1.29, 1.82) is 0 Å². The van der Waals surface area contributed by atoms with E-state index in [2.05, 4.69) is 25.6 Å². The van der Waals surface area contributed by atoms with Crippen LogP contribution in [0.4, 0.5) is 26.2 Å². The number of nitrogens with zero attached hydrogens (tertiary/aromatic N) is 3. The summed E-state index contributed by atoms with van der Waals surface area (Å²) in [6.07, 6.45) is 3.42. The van der Waals surface area contributed by atoms with E-state index >= 15 is 0 Å². The van der Waals surface area contributed by atoms with Crippen molar-refractivity contribution in [3.05, 3.63) is 71.7 Å². The second kappa shape index (κ2) is 6.99. The smallest absolute Gasteiger partial charge is 0.225 e. The summed E-state index contributed by atoms with van der Waals surface area (Å²) in [5, 5.41) is 5.73. The minimum absolute atomic E-state index is 0.242. The predicted molar refractivity (Wildman–Crippen MR) is 88.0 cm³/mol. The van der Waals surface area contributed by atoms with Gasteiger partial charge in [-0.15, -0.1) is 0 Å². The monoisotopic (exact) mass is 327 g/mol. The van der Waals surface area contributed by atoms with Crippen molar-refractivity contribution in [1.82, 2.24) is 15.0 Å². The minimum atomic E-state index is -0.684. The van der Waals surface area contributed by atoms with Gasteiger partial charge in [0.25, 0.3) is 0 Å². The molecule has 3 aromatic rings. The Bertz CT molecular complexity index is 819. The molecule has 0 aliphatic carbocycles. The molecule has 1 aromatic carbocycles. The average molecular weight is 327 g/mol. The molecule has 5 nitrogen and oxygen atoms in total. The van der Waals surface area contributed by atoms with E-state index in [1.807, 2.05) is 12.1 Å². The summed E-state index contributed by atoms with van der Waals surface area (Å²) in [5.41, 5.74) is 1.39. The van der Waals surface area contributed by atoms with Crippen molar-refractivity contribution in [3.63, 3.8) is 0 Å². The Morgan fingerprint density at radius 2 is 1.83 bits per heavy atom. The molecule has 122 valence electrons. The number of anilines is 3. The molecule has 0 atom stereocenters. The molecular formula is C17H15F2N5. The van der Waals surface area contributed by atoms with Gasteiger partial charge >= 0.3 is 0 Å². The maximum Gasteiger partial charge on any atom is 0.225 e. The Balaban J connectivity index is 1.79. The summed E-state index contributed by atoms with van der Waals surface area (Å²) in [7, 11) is 0. The quantitative estimate of drug-likeness (QED) is 0.746. The van der Waals surface area contributed by atoms with Gasteiger partial charge in [0.15, 0.2) is 0 Å². The van der Waals surface area contributed by atoms with E-state index in [1.54, 1.807) is 25.4 Å². The lowest BCUT2D eigenvalue weighted by atomic mass is 10.3. The molecule has 7 heteroatoms. The summed E-state index contributed by atoms with van der Waals surface area (Å²) in [6.45, 7) is 2.27. The second-order valence-corrected chi connectivity index (χ2v) is 5.15. The molecule has 2 N–H and O–H groups in total. The lowest BCUT2D eigenvalue weighted by Gasteiger charge is -2.11. The van der Waals surface area contributed by atoms with Gasteiger partial charge in [-0.05, 0) is 30.7 Å². The highest BCUT2D eigenvalue weighted by molar-refractivity contribution is 5.59. The number of nitrogens with one attached hydrogen (secondary N) is 2. The largest absolute Gasteiger partial charge is 0.350 e. The predicted octanol–water partition coefficient (Wildman–Crippen LogP) is 3.81. The molecule has 3 rings (SSSR count).